The summed E-state index contributed by atoms with van der Waals surface area (Å²) in [7, 11) is 0. The zero-order valence-electron chi connectivity index (χ0n) is 10.9. The third-order valence-electron chi connectivity index (χ3n) is 3.43. The first-order valence-corrected chi connectivity index (χ1v) is 6.60. The van der Waals surface area contributed by atoms with Gasteiger partial charge >= 0.3 is 5.97 Å². The number of halogens is 1. The number of anilines is 1. The van der Waals surface area contributed by atoms with E-state index >= 15 is 0 Å². The molecule has 1 heterocycles. The van der Waals surface area contributed by atoms with Crippen molar-refractivity contribution in [3.63, 3.8) is 0 Å². The molecule has 0 saturated carbocycles. The fourth-order valence-electron chi connectivity index (χ4n) is 2.37. The summed E-state index contributed by atoms with van der Waals surface area (Å²) in [5.74, 6) is -0.924. The first kappa shape index (κ1) is 13.8. The number of nitrogens with zero attached hydrogens (tertiary/aromatic N) is 2. The molecule has 0 amide bonds. The SMILES string of the molecule is O=C(O)CCCN1CCN(c2ccccc2F)CC1. The first-order valence-electron chi connectivity index (χ1n) is 6.60. The molecule has 19 heavy (non-hydrogen) atoms. The number of hydrogen-bond donors (Lipinski definition) is 1. The van der Waals surface area contributed by atoms with E-state index in [0.717, 1.165) is 32.7 Å². The Kier molecular flexibility index (Phi) is 4.74. The second-order valence-electron chi connectivity index (χ2n) is 4.78. The Hall–Kier alpha value is -1.62. The van der Waals surface area contributed by atoms with Gasteiger partial charge in [-0.3, -0.25) is 9.69 Å². The van der Waals surface area contributed by atoms with Gasteiger partial charge in [0.2, 0.25) is 0 Å². The Morgan fingerprint density at radius 3 is 2.53 bits per heavy atom. The van der Waals surface area contributed by atoms with Gasteiger partial charge in [0, 0.05) is 32.6 Å². The van der Waals surface area contributed by atoms with E-state index in [1.54, 1.807) is 12.1 Å². The molecule has 2 rings (SSSR count). The number of carboxylic acid groups (broad SMARTS) is 1. The van der Waals surface area contributed by atoms with Crippen molar-refractivity contribution in [2.45, 2.75) is 12.8 Å². The lowest BCUT2D eigenvalue weighted by Gasteiger charge is -2.36. The van der Waals surface area contributed by atoms with Crippen LogP contribution in [-0.2, 0) is 4.79 Å². The molecule has 1 aromatic rings. The van der Waals surface area contributed by atoms with Crippen molar-refractivity contribution < 1.29 is 14.3 Å². The van der Waals surface area contributed by atoms with Gasteiger partial charge < -0.3 is 10.0 Å². The minimum Gasteiger partial charge on any atom is -0.481 e. The van der Waals surface area contributed by atoms with Gasteiger partial charge in [-0.1, -0.05) is 12.1 Å². The summed E-state index contributed by atoms with van der Waals surface area (Å²) < 4.78 is 13.6. The molecule has 1 aliphatic rings. The van der Waals surface area contributed by atoms with Crippen molar-refractivity contribution in [3.05, 3.63) is 30.1 Å². The standard InChI is InChI=1S/C14H19FN2O2/c15-12-4-1-2-5-13(12)17-10-8-16(9-11-17)7-3-6-14(18)19/h1-2,4-5H,3,6-11H2,(H,18,19). The second-order valence-corrected chi connectivity index (χ2v) is 4.78. The lowest BCUT2D eigenvalue weighted by atomic mass is 10.2. The summed E-state index contributed by atoms with van der Waals surface area (Å²) in [6, 6.07) is 6.82. The van der Waals surface area contributed by atoms with Crippen LogP contribution < -0.4 is 4.90 Å². The summed E-state index contributed by atoms with van der Waals surface area (Å²) in [5.41, 5.74) is 0.660. The van der Waals surface area contributed by atoms with Crippen molar-refractivity contribution in [2.75, 3.05) is 37.6 Å². The van der Waals surface area contributed by atoms with Gasteiger partial charge in [-0.15, -0.1) is 0 Å². The van der Waals surface area contributed by atoms with E-state index in [1.807, 2.05) is 11.0 Å². The molecule has 0 aromatic heterocycles. The molecule has 104 valence electrons. The van der Waals surface area contributed by atoms with E-state index < -0.39 is 5.97 Å². The molecule has 5 heteroatoms. The smallest absolute Gasteiger partial charge is 0.303 e. The molecule has 0 unspecified atom stereocenters. The second kappa shape index (κ2) is 6.52. The van der Waals surface area contributed by atoms with E-state index in [9.17, 15) is 9.18 Å². The fraction of sp³-hybridized carbons (Fsp3) is 0.500. The minimum atomic E-state index is -0.745. The maximum Gasteiger partial charge on any atom is 0.303 e. The van der Waals surface area contributed by atoms with Crippen LogP contribution in [-0.4, -0.2) is 48.7 Å². The zero-order valence-corrected chi connectivity index (χ0v) is 10.9. The summed E-state index contributed by atoms with van der Waals surface area (Å²) in [5, 5.41) is 8.60. The molecule has 1 fully saturated rings. The van der Waals surface area contributed by atoms with Crippen LogP contribution in [0, 0.1) is 5.82 Å². The van der Waals surface area contributed by atoms with Crippen LogP contribution >= 0.6 is 0 Å². The van der Waals surface area contributed by atoms with E-state index in [-0.39, 0.29) is 12.2 Å². The van der Waals surface area contributed by atoms with Gasteiger partial charge in [0.15, 0.2) is 0 Å². The molecule has 1 aliphatic heterocycles. The number of piperazine rings is 1. The Balaban J connectivity index is 1.79. The van der Waals surface area contributed by atoms with Gasteiger partial charge in [0.1, 0.15) is 5.82 Å². The van der Waals surface area contributed by atoms with Crippen LogP contribution in [0.25, 0.3) is 0 Å². The predicted molar refractivity (Wildman–Crippen MR) is 71.9 cm³/mol. The Morgan fingerprint density at radius 2 is 1.89 bits per heavy atom. The molecule has 4 nitrogen and oxygen atoms in total. The number of aliphatic carboxylic acids is 1. The molecule has 1 saturated heterocycles. The number of para-hydroxylation sites is 1. The number of rotatable bonds is 5. The fourth-order valence-corrected chi connectivity index (χ4v) is 2.37. The van der Waals surface area contributed by atoms with Crippen molar-refractivity contribution >= 4 is 11.7 Å². The molecule has 0 aliphatic carbocycles. The third-order valence-corrected chi connectivity index (χ3v) is 3.43. The zero-order chi connectivity index (χ0) is 13.7. The molecule has 0 bridgehead atoms. The maximum absolute atomic E-state index is 13.6. The highest BCUT2D eigenvalue weighted by Crippen LogP contribution is 2.20. The Labute approximate surface area is 112 Å². The van der Waals surface area contributed by atoms with Crippen LogP contribution in [0.1, 0.15) is 12.8 Å². The van der Waals surface area contributed by atoms with Crippen LogP contribution in [0.3, 0.4) is 0 Å². The monoisotopic (exact) mass is 266 g/mol. The predicted octanol–water partition coefficient (Wildman–Crippen LogP) is 1.81. The largest absolute Gasteiger partial charge is 0.481 e. The average molecular weight is 266 g/mol. The number of benzene rings is 1. The molecular formula is C14H19FN2O2. The van der Waals surface area contributed by atoms with E-state index in [2.05, 4.69) is 4.90 Å². The third kappa shape index (κ3) is 3.92. The molecule has 0 spiro atoms. The molecule has 1 aromatic carbocycles. The summed E-state index contributed by atoms with van der Waals surface area (Å²) in [4.78, 5) is 14.7. The van der Waals surface area contributed by atoms with Crippen molar-refractivity contribution in [1.82, 2.24) is 4.90 Å². The first-order chi connectivity index (χ1) is 9.16. The Bertz CT molecular complexity index is 431. The van der Waals surface area contributed by atoms with Crippen LogP contribution in [0.5, 0.6) is 0 Å². The van der Waals surface area contributed by atoms with Crippen LogP contribution in [0.4, 0.5) is 10.1 Å². The van der Waals surface area contributed by atoms with Gasteiger partial charge in [-0.25, -0.2) is 4.39 Å². The molecular weight excluding hydrogens is 247 g/mol. The maximum atomic E-state index is 13.6. The van der Waals surface area contributed by atoms with Gasteiger partial charge in [0.25, 0.3) is 0 Å². The normalized spacial score (nSPS) is 16.6. The number of hydrogen-bond acceptors (Lipinski definition) is 3. The summed E-state index contributed by atoms with van der Waals surface area (Å²) in [6.07, 6.45) is 0.891. The number of carboxylic acids is 1. The van der Waals surface area contributed by atoms with E-state index in [0.29, 0.717) is 12.1 Å². The average Bonchev–Trinajstić information content (AvgIpc) is 2.40. The highest BCUT2D eigenvalue weighted by Gasteiger charge is 2.18. The minimum absolute atomic E-state index is 0.179. The highest BCUT2D eigenvalue weighted by molar-refractivity contribution is 5.66. The lowest BCUT2D eigenvalue weighted by Crippen LogP contribution is -2.47. The lowest BCUT2D eigenvalue weighted by molar-refractivity contribution is -0.137. The molecule has 1 N–H and O–H groups in total. The topological polar surface area (TPSA) is 43.8 Å². The van der Waals surface area contributed by atoms with Crippen LogP contribution in [0.15, 0.2) is 24.3 Å². The van der Waals surface area contributed by atoms with Crippen molar-refractivity contribution in [1.29, 1.82) is 0 Å². The van der Waals surface area contributed by atoms with Crippen molar-refractivity contribution in [3.8, 4) is 0 Å². The summed E-state index contributed by atoms with van der Waals surface area (Å²) >= 11 is 0. The van der Waals surface area contributed by atoms with Gasteiger partial charge in [-0.05, 0) is 25.1 Å². The van der Waals surface area contributed by atoms with Gasteiger partial charge in [-0.2, -0.15) is 0 Å². The summed E-state index contributed by atoms with van der Waals surface area (Å²) in [6.45, 7) is 4.08. The van der Waals surface area contributed by atoms with E-state index in [1.165, 1.54) is 6.07 Å². The Morgan fingerprint density at radius 1 is 1.21 bits per heavy atom. The molecule has 0 radical (unpaired) electrons. The van der Waals surface area contributed by atoms with Crippen molar-refractivity contribution in [2.24, 2.45) is 0 Å². The van der Waals surface area contributed by atoms with Gasteiger partial charge in [0.05, 0.1) is 5.69 Å². The number of carbonyl (C=O) groups is 1. The quantitative estimate of drug-likeness (QED) is 0.882. The van der Waals surface area contributed by atoms with E-state index in [4.69, 9.17) is 5.11 Å². The molecule has 0 atom stereocenters. The highest BCUT2D eigenvalue weighted by atomic mass is 19.1. The van der Waals surface area contributed by atoms with Crippen LogP contribution in [0.2, 0.25) is 0 Å².